The fraction of sp³-hybridized carbons (Fsp3) is 0.364. The van der Waals surface area contributed by atoms with Gasteiger partial charge in [-0.05, 0) is 43.2 Å². The summed E-state index contributed by atoms with van der Waals surface area (Å²) in [5.74, 6) is -1.92. The molecule has 1 fully saturated rings. The highest BCUT2D eigenvalue weighted by Crippen LogP contribution is 2.18. The van der Waals surface area contributed by atoms with Crippen LogP contribution >= 0.6 is 0 Å². The number of amides is 2. The maximum Gasteiger partial charge on any atom is 0.238 e. The van der Waals surface area contributed by atoms with E-state index in [4.69, 9.17) is 0 Å². The van der Waals surface area contributed by atoms with Gasteiger partial charge in [0, 0.05) is 37.9 Å². The van der Waals surface area contributed by atoms with Crippen LogP contribution in [0.4, 0.5) is 20.2 Å². The Balaban J connectivity index is 1.42. The van der Waals surface area contributed by atoms with Gasteiger partial charge in [-0.25, -0.2) is 8.78 Å². The fourth-order valence-corrected chi connectivity index (χ4v) is 3.37. The van der Waals surface area contributed by atoms with Crippen molar-refractivity contribution in [1.82, 2.24) is 9.80 Å². The second kappa shape index (κ2) is 9.77. The van der Waals surface area contributed by atoms with Crippen molar-refractivity contribution in [2.24, 2.45) is 0 Å². The first-order chi connectivity index (χ1) is 14.3. The van der Waals surface area contributed by atoms with Gasteiger partial charge in [-0.3, -0.25) is 19.4 Å². The Labute approximate surface area is 174 Å². The summed E-state index contributed by atoms with van der Waals surface area (Å²) >= 11 is 0. The number of nitrogens with one attached hydrogen (secondary N) is 2. The molecule has 1 aliphatic heterocycles. The normalized spacial score (nSPS) is 15.1. The van der Waals surface area contributed by atoms with Crippen LogP contribution in [0.15, 0.2) is 36.4 Å². The molecule has 0 atom stereocenters. The molecule has 2 N–H and O–H groups in total. The highest BCUT2D eigenvalue weighted by Gasteiger charge is 2.21. The van der Waals surface area contributed by atoms with Crippen LogP contribution in [-0.2, 0) is 9.59 Å². The van der Waals surface area contributed by atoms with Crippen LogP contribution in [0.1, 0.15) is 11.1 Å². The van der Waals surface area contributed by atoms with Crippen molar-refractivity contribution in [3.05, 3.63) is 59.2 Å². The molecule has 1 aliphatic rings. The van der Waals surface area contributed by atoms with E-state index in [1.807, 2.05) is 41.8 Å². The molecule has 30 heavy (non-hydrogen) atoms. The standard InChI is InChI=1S/C22H26F2N4O2/c1-15-4-3-5-19(16(15)2)25-21(29)13-27-8-10-28(11-9-27)14-22(30)26-20-7-6-17(23)12-18(20)24/h3-7,12H,8-11,13-14H2,1-2H3,(H,25,29)(H,26,30). The molecule has 2 aromatic carbocycles. The lowest BCUT2D eigenvalue weighted by molar-refractivity contribution is -0.120. The lowest BCUT2D eigenvalue weighted by Gasteiger charge is -2.33. The van der Waals surface area contributed by atoms with E-state index in [-0.39, 0.29) is 30.6 Å². The summed E-state index contributed by atoms with van der Waals surface area (Å²) in [5.41, 5.74) is 2.96. The summed E-state index contributed by atoms with van der Waals surface area (Å²) < 4.78 is 26.6. The van der Waals surface area contributed by atoms with Crippen molar-refractivity contribution < 1.29 is 18.4 Å². The quantitative estimate of drug-likeness (QED) is 0.760. The maximum atomic E-state index is 13.7. The summed E-state index contributed by atoms with van der Waals surface area (Å²) in [4.78, 5) is 28.5. The Morgan fingerprint density at radius 3 is 2.00 bits per heavy atom. The zero-order valence-corrected chi connectivity index (χ0v) is 17.2. The monoisotopic (exact) mass is 416 g/mol. The average molecular weight is 416 g/mol. The molecule has 2 aromatic rings. The first-order valence-electron chi connectivity index (χ1n) is 9.87. The number of carbonyl (C=O) groups is 2. The molecule has 1 saturated heterocycles. The van der Waals surface area contributed by atoms with Gasteiger partial charge < -0.3 is 10.6 Å². The zero-order chi connectivity index (χ0) is 21.7. The van der Waals surface area contributed by atoms with E-state index in [0.717, 1.165) is 28.9 Å². The molecule has 0 radical (unpaired) electrons. The van der Waals surface area contributed by atoms with Gasteiger partial charge in [-0.15, -0.1) is 0 Å². The topological polar surface area (TPSA) is 64.7 Å². The van der Waals surface area contributed by atoms with Gasteiger partial charge in [0.25, 0.3) is 0 Å². The molecule has 2 amide bonds. The Kier molecular flexibility index (Phi) is 7.12. The molecule has 0 unspecified atom stereocenters. The second-order valence-corrected chi connectivity index (χ2v) is 7.52. The molecular formula is C22H26F2N4O2. The third-order valence-electron chi connectivity index (χ3n) is 5.28. The van der Waals surface area contributed by atoms with Gasteiger partial charge in [-0.1, -0.05) is 12.1 Å². The smallest absolute Gasteiger partial charge is 0.238 e. The van der Waals surface area contributed by atoms with Crippen molar-refractivity contribution >= 4 is 23.2 Å². The van der Waals surface area contributed by atoms with Gasteiger partial charge in [0.15, 0.2) is 0 Å². The highest BCUT2D eigenvalue weighted by molar-refractivity contribution is 5.93. The van der Waals surface area contributed by atoms with Gasteiger partial charge in [0.1, 0.15) is 11.6 Å². The molecule has 160 valence electrons. The van der Waals surface area contributed by atoms with Crippen LogP contribution < -0.4 is 10.6 Å². The van der Waals surface area contributed by atoms with Crippen molar-refractivity contribution in [1.29, 1.82) is 0 Å². The minimum atomic E-state index is -0.803. The number of rotatable bonds is 6. The van der Waals surface area contributed by atoms with Crippen LogP contribution in [0.3, 0.4) is 0 Å². The third kappa shape index (κ3) is 5.84. The van der Waals surface area contributed by atoms with Gasteiger partial charge in [0.2, 0.25) is 11.8 Å². The van der Waals surface area contributed by atoms with E-state index >= 15 is 0 Å². The number of hydrogen-bond donors (Lipinski definition) is 2. The Morgan fingerprint density at radius 1 is 0.867 bits per heavy atom. The first kappa shape index (κ1) is 21.9. The van der Waals surface area contributed by atoms with Crippen LogP contribution in [0.5, 0.6) is 0 Å². The van der Waals surface area contributed by atoms with E-state index in [1.165, 1.54) is 6.07 Å². The first-order valence-corrected chi connectivity index (χ1v) is 9.87. The van der Waals surface area contributed by atoms with Gasteiger partial charge >= 0.3 is 0 Å². The number of carbonyl (C=O) groups excluding carboxylic acids is 2. The van der Waals surface area contributed by atoms with Crippen LogP contribution in [0, 0.1) is 25.5 Å². The van der Waals surface area contributed by atoms with Crippen molar-refractivity contribution in [2.45, 2.75) is 13.8 Å². The lowest BCUT2D eigenvalue weighted by Crippen LogP contribution is -2.50. The van der Waals surface area contributed by atoms with Gasteiger partial charge in [-0.2, -0.15) is 0 Å². The highest BCUT2D eigenvalue weighted by atomic mass is 19.1. The van der Waals surface area contributed by atoms with E-state index in [2.05, 4.69) is 10.6 Å². The number of piperazine rings is 1. The molecule has 1 heterocycles. The number of aryl methyl sites for hydroxylation is 1. The Hall–Kier alpha value is -2.84. The summed E-state index contributed by atoms with van der Waals surface area (Å²) in [7, 11) is 0. The SMILES string of the molecule is Cc1cccc(NC(=O)CN2CCN(CC(=O)Nc3ccc(F)cc3F)CC2)c1C. The van der Waals surface area contributed by atoms with E-state index in [0.29, 0.717) is 26.2 Å². The maximum absolute atomic E-state index is 13.7. The molecular weight excluding hydrogens is 390 g/mol. The zero-order valence-electron chi connectivity index (χ0n) is 17.2. The van der Waals surface area contributed by atoms with Crippen LogP contribution in [-0.4, -0.2) is 60.9 Å². The minimum Gasteiger partial charge on any atom is -0.325 e. The summed E-state index contributed by atoms with van der Waals surface area (Å²) in [6.45, 7) is 6.92. The number of halogens is 2. The predicted octanol–water partition coefficient (Wildman–Crippen LogP) is 2.78. The van der Waals surface area contributed by atoms with Crippen molar-refractivity contribution in [2.75, 3.05) is 49.9 Å². The number of anilines is 2. The molecule has 8 heteroatoms. The predicted molar refractivity (Wildman–Crippen MR) is 112 cm³/mol. The molecule has 6 nitrogen and oxygen atoms in total. The van der Waals surface area contributed by atoms with E-state index in [1.54, 1.807) is 0 Å². The van der Waals surface area contributed by atoms with Crippen LogP contribution in [0.2, 0.25) is 0 Å². The molecule has 0 bridgehead atoms. The van der Waals surface area contributed by atoms with Gasteiger partial charge in [0.05, 0.1) is 18.8 Å². The van der Waals surface area contributed by atoms with E-state index in [9.17, 15) is 18.4 Å². The summed E-state index contributed by atoms with van der Waals surface area (Å²) in [6.07, 6.45) is 0. The Morgan fingerprint density at radius 2 is 1.43 bits per heavy atom. The Bertz CT molecular complexity index is 927. The van der Waals surface area contributed by atoms with Crippen LogP contribution in [0.25, 0.3) is 0 Å². The lowest BCUT2D eigenvalue weighted by atomic mass is 10.1. The van der Waals surface area contributed by atoms with Crippen molar-refractivity contribution in [3.8, 4) is 0 Å². The third-order valence-corrected chi connectivity index (χ3v) is 5.28. The molecule has 0 aliphatic carbocycles. The molecule has 0 spiro atoms. The summed E-state index contributed by atoms with van der Waals surface area (Å²) in [5, 5.41) is 5.42. The number of nitrogens with zero attached hydrogens (tertiary/aromatic N) is 2. The summed E-state index contributed by atoms with van der Waals surface area (Å²) in [6, 6.07) is 8.85. The number of benzene rings is 2. The van der Waals surface area contributed by atoms with Crippen molar-refractivity contribution in [3.63, 3.8) is 0 Å². The molecule has 0 aromatic heterocycles. The second-order valence-electron chi connectivity index (χ2n) is 7.52. The van der Waals surface area contributed by atoms with E-state index < -0.39 is 11.6 Å². The number of hydrogen-bond acceptors (Lipinski definition) is 4. The largest absolute Gasteiger partial charge is 0.325 e. The fourth-order valence-electron chi connectivity index (χ4n) is 3.37. The molecule has 0 saturated carbocycles. The molecule has 3 rings (SSSR count). The average Bonchev–Trinajstić information content (AvgIpc) is 2.69. The minimum absolute atomic E-state index is 0.0388.